The maximum absolute atomic E-state index is 12.5. The van der Waals surface area contributed by atoms with Gasteiger partial charge in [0.05, 0.1) is 17.8 Å². The van der Waals surface area contributed by atoms with Gasteiger partial charge in [0.2, 0.25) is 5.91 Å². The Hall–Kier alpha value is -2.08. The van der Waals surface area contributed by atoms with E-state index in [1.807, 2.05) is 29.2 Å². The van der Waals surface area contributed by atoms with E-state index in [2.05, 4.69) is 24.5 Å². The zero-order valence-corrected chi connectivity index (χ0v) is 15.5. The highest BCUT2D eigenvalue weighted by molar-refractivity contribution is 6.02. The Morgan fingerprint density at radius 1 is 1.23 bits per heavy atom. The van der Waals surface area contributed by atoms with Crippen molar-refractivity contribution in [1.29, 1.82) is 0 Å². The minimum Gasteiger partial charge on any atom is -0.370 e. The maximum atomic E-state index is 12.5. The minimum absolute atomic E-state index is 0.0513. The van der Waals surface area contributed by atoms with Gasteiger partial charge in [-0.25, -0.2) is 0 Å². The number of amides is 2. The average Bonchev–Trinajstić information content (AvgIpc) is 2.92. The number of benzene rings is 1. The molecule has 3 heterocycles. The van der Waals surface area contributed by atoms with Gasteiger partial charge in [0, 0.05) is 31.6 Å². The van der Waals surface area contributed by atoms with Crippen LogP contribution in [0.4, 0.5) is 5.69 Å². The molecule has 4 rings (SSSR count). The van der Waals surface area contributed by atoms with Crippen LogP contribution in [0.2, 0.25) is 0 Å². The van der Waals surface area contributed by atoms with Gasteiger partial charge in [-0.15, -0.1) is 0 Å². The third kappa shape index (κ3) is 3.07. The first-order chi connectivity index (χ1) is 12.4. The zero-order valence-electron chi connectivity index (χ0n) is 15.5. The Morgan fingerprint density at radius 3 is 2.69 bits per heavy atom. The van der Waals surface area contributed by atoms with Crippen molar-refractivity contribution >= 4 is 17.5 Å². The van der Waals surface area contributed by atoms with Gasteiger partial charge in [0.25, 0.3) is 5.91 Å². The molecule has 3 aliphatic heterocycles. The van der Waals surface area contributed by atoms with Crippen LogP contribution in [-0.4, -0.2) is 47.7 Å². The lowest BCUT2D eigenvalue weighted by Gasteiger charge is -2.41. The number of rotatable bonds is 2. The highest BCUT2D eigenvalue weighted by atomic mass is 16.5. The molecule has 1 aromatic carbocycles. The van der Waals surface area contributed by atoms with Crippen LogP contribution in [0, 0.1) is 5.92 Å². The molecular formula is C20H27N3O3. The Morgan fingerprint density at radius 2 is 1.96 bits per heavy atom. The monoisotopic (exact) mass is 357 g/mol. The quantitative estimate of drug-likeness (QED) is 0.852. The maximum Gasteiger partial charge on any atom is 0.255 e. The third-order valence-corrected chi connectivity index (χ3v) is 5.76. The van der Waals surface area contributed by atoms with Crippen LogP contribution in [0.15, 0.2) is 24.3 Å². The molecule has 0 bridgehead atoms. The SMILES string of the molecule is CC(C)CC(=O)N1CCC2(CC1)C[C@]1(CO2)NC(=O)c2ccccc2N1. The van der Waals surface area contributed by atoms with Gasteiger partial charge in [0.1, 0.15) is 5.66 Å². The molecule has 140 valence electrons. The predicted molar refractivity (Wildman–Crippen MR) is 98.8 cm³/mol. The van der Waals surface area contributed by atoms with Gasteiger partial charge in [-0.3, -0.25) is 9.59 Å². The summed E-state index contributed by atoms with van der Waals surface area (Å²) in [4.78, 5) is 26.8. The summed E-state index contributed by atoms with van der Waals surface area (Å²) in [5, 5.41) is 6.62. The summed E-state index contributed by atoms with van der Waals surface area (Å²) < 4.78 is 6.23. The molecule has 0 saturated carbocycles. The van der Waals surface area contributed by atoms with E-state index >= 15 is 0 Å². The number of para-hydroxylation sites is 1. The van der Waals surface area contributed by atoms with E-state index in [4.69, 9.17) is 4.74 Å². The molecule has 2 fully saturated rings. The number of fused-ring (bicyclic) bond motifs is 1. The number of hydrogen-bond donors (Lipinski definition) is 2. The van der Waals surface area contributed by atoms with Crippen molar-refractivity contribution in [3.8, 4) is 0 Å². The standard InChI is InChI=1S/C20H27N3O3/c1-14(2)11-17(24)23-9-7-19(8-10-23)12-20(13-26-19)21-16-6-4-3-5-15(16)18(25)22-20/h3-6,14,21H,7-13H2,1-2H3,(H,22,25)/t20-/m1/s1. The number of hydrogen-bond acceptors (Lipinski definition) is 4. The number of likely N-dealkylation sites (tertiary alicyclic amines) is 1. The second-order valence-corrected chi connectivity index (χ2v) is 8.33. The predicted octanol–water partition coefficient (Wildman–Crippen LogP) is 2.37. The molecule has 1 aromatic rings. The zero-order chi connectivity index (χ0) is 18.4. The summed E-state index contributed by atoms with van der Waals surface area (Å²) in [6.07, 6.45) is 2.97. The van der Waals surface area contributed by atoms with E-state index in [1.54, 1.807) is 0 Å². The Bertz CT molecular complexity index is 725. The van der Waals surface area contributed by atoms with Crippen LogP contribution < -0.4 is 10.6 Å². The largest absolute Gasteiger partial charge is 0.370 e. The fourth-order valence-corrected chi connectivity index (χ4v) is 4.42. The van der Waals surface area contributed by atoms with Crippen molar-refractivity contribution in [2.45, 2.75) is 50.8 Å². The van der Waals surface area contributed by atoms with E-state index in [-0.39, 0.29) is 17.4 Å². The van der Waals surface area contributed by atoms with E-state index in [9.17, 15) is 9.59 Å². The van der Waals surface area contributed by atoms with Crippen LogP contribution in [0.1, 0.15) is 49.9 Å². The number of nitrogens with one attached hydrogen (secondary N) is 2. The van der Waals surface area contributed by atoms with Gasteiger partial charge < -0.3 is 20.3 Å². The first-order valence-corrected chi connectivity index (χ1v) is 9.52. The highest BCUT2D eigenvalue weighted by Gasteiger charge is 2.53. The lowest BCUT2D eigenvalue weighted by Crippen LogP contribution is -2.59. The van der Waals surface area contributed by atoms with Crippen LogP contribution in [0.3, 0.4) is 0 Å². The average molecular weight is 357 g/mol. The Kier molecular flexibility index (Phi) is 4.18. The molecule has 2 spiro atoms. The lowest BCUT2D eigenvalue weighted by atomic mass is 9.84. The van der Waals surface area contributed by atoms with E-state index in [1.165, 1.54) is 0 Å². The molecule has 6 nitrogen and oxygen atoms in total. The summed E-state index contributed by atoms with van der Waals surface area (Å²) >= 11 is 0. The van der Waals surface area contributed by atoms with Crippen molar-refractivity contribution in [2.24, 2.45) is 5.92 Å². The first-order valence-electron chi connectivity index (χ1n) is 9.52. The molecule has 3 aliphatic rings. The minimum atomic E-state index is -0.546. The summed E-state index contributed by atoms with van der Waals surface area (Å²) in [6, 6.07) is 7.57. The second-order valence-electron chi connectivity index (χ2n) is 8.33. The lowest BCUT2D eigenvalue weighted by molar-refractivity contribution is -0.136. The smallest absolute Gasteiger partial charge is 0.255 e. The van der Waals surface area contributed by atoms with Gasteiger partial charge in [-0.1, -0.05) is 26.0 Å². The molecule has 0 unspecified atom stereocenters. The Labute approximate surface area is 154 Å². The van der Waals surface area contributed by atoms with E-state index < -0.39 is 5.66 Å². The van der Waals surface area contributed by atoms with Crippen LogP contribution in [-0.2, 0) is 9.53 Å². The summed E-state index contributed by atoms with van der Waals surface area (Å²) in [5.74, 6) is 0.566. The van der Waals surface area contributed by atoms with Crippen molar-refractivity contribution in [3.63, 3.8) is 0 Å². The molecule has 2 amide bonds. The molecule has 0 aliphatic carbocycles. The number of anilines is 1. The second kappa shape index (κ2) is 6.27. The Balaban J connectivity index is 1.43. The fourth-order valence-electron chi connectivity index (χ4n) is 4.42. The van der Waals surface area contributed by atoms with E-state index in [0.29, 0.717) is 24.5 Å². The molecule has 0 radical (unpaired) electrons. The molecule has 26 heavy (non-hydrogen) atoms. The fraction of sp³-hybridized carbons (Fsp3) is 0.600. The number of nitrogens with zero attached hydrogens (tertiary/aromatic N) is 1. The van der Waals surface area contributed by atoms with Crippen molar-refractivity contribution < 1.29 is 14.3 Å². The topological polar surface area (TPSA) is 70.7 Å². The number of carbonyl (C=O) groups excluding carboxylic acids is 2. The number of carbonyl (C=O) groups is 2. The molecule has 0 aromatic heterocycles. The van der Waals surface area contributed by atoms with Gasteiger partial charge in [-0.2, -0.15) is 0 Å². The van der Waals surface area contributed by atoms with Crippen molar-refractivity contribution in [3.05, 3.63) is 29.8 Å². The van der Waals surface area contributed by atoms with Crippen LogP contribution >= 0.6 is 0 Å². The van der Waals surface area contributed by atoms with Crippen LogP contribution in [0.5, 0.6) is 0 Å². The molecular weight excluding hydrogens is 330 g/mol. The van der Waals surface area contributed by atoms with E-state index in [0.717, 1.165) is 38.0 Å². The normalized spacial score (nSPS) is 26.7. The molecule has 1 atom stereocenters. The van der Waals surface area contributed by atoms with Gasteiger partial charge in [0.15, 0.2) is 0 Å². The number of ether oxygens (including phenoxy) is 1. The first kappa shape index (κ1) is 17.3. The van der Waals surface area contributed by atoms with Gasteiger partial charge >= 0.3 is 0 Å². The summed E-state index contributed by atoms with van der Waals surface area (Å²) in [6.45, 7) is 6.05. The molecule has 2 saturated heterocycles. The van der Waals surface area contributed by atoms with Crippen molar-refractivity contribution in [2.75, 3.05) is 25.0 Å². The third-order valence-electron chi connectivity index (χ3n) is 5.76. The molecule has 6 heteroatoms. The summed E-state index contributed by atoms with van der Waals surface area (Å²) in [5.41, 5.74) is 0.728. The van der Waals surface area contributed by atoms with Crippen LogP contribution in [0.25, 0.3) is 0 Å². The van der Waals surface area contributed by atoms with Crippen molar-refractivity contribution in [1.82, 2.24) is 10.2 Å². The molecule has 2 N–H and O–H groups in total. The van der Waals surface area contributed by atoms with Gasteiger partial charge in [-0.05, 0) is 30.9 Å². The summed E-state index contributed by atoms with van der Waals surface area (Å²) in [7, 11) is 0. The number of piperidine rings is 1. The highest BCUT2D eigenvalue weighted by Crippen LogP contribution is 2.42.